The Bertz CT molecular complexity index is 326. The molecule has 0 heterocycles. The number of rotatable bonds is 3. The second-order valence-corrected chi connectivity index (χ2v) is 4.89. The van der Waals surface area contributed by atoms with Gasteiger partial charge in [0, 0.05) is 6.54 Å². The minimum absolute atomic E-state index is 0.109. The average Bonchev–Trinajstić information content (AvgIpc) is 2.12. The molecule has 0 aliphatic heterocycles. The van der Waals surface area contributed by atoms with Crippen molar-refractivity contribution in [2.45, 2.75) is 33.1 Å². The van der Waals surface area contributed by atoms with Crippen LogP contribution in [-0.2, 0) is 5.41 Å². The highest BCUT2D eigenvalue weighted by atomic mass is 16.5. The zero-order valence-corrected chi connectivity index (χ0v) is 10.1. The van der Waals surface area contributed by atoms with E-state index in [2.05, 4.69) is 45.9 Å². The minimum atomic E-state index is 0.109. The third-order valence-electron chi connectivity index (χ3n) is 2.32. The van der Waals surface area contributed by atoms with Crippen molar-refractivity contribution in [2.75, 3.05) is 13.2 Å². The largest absolute Gasteiger partial charge is 0.492 e. The molecule has 1 aromatic carbocycles. The summed E-state index contributed by atoms with van der Waals surface area (Å²) >= 11 is 0. The van der Waals surface area contributed by atoms with Crippen LogP contribution in [0.15, 0.2) is 18.2 Å². The van der Waals surface area contributed by atoms with Crippen LogP contribution in [0.5, 0.6) is 5.75 Å². The van der Waals surface area contributed by atoms with Gasteiger partial charge in [0.1, 0.15) is 12.4 Å². The topological polar surface area (TPSA) is 35.2 Å². The molecule has 0 saturated heterocycles. The van der Waals surface area contributed by atoms with Gasteiger partial charge in [-0.2, -0.15) is 0 Å². The predicted molar refractivity (Wildman–Crippen MR) is 64.4 cm³/mol. The fraction of sp³-hybridized carbons (Fsp3) is 0.538. The lowest BCUT2D eigenvalue weighted by molar-refractivity contribution is 0.318. The minimum Gasteiger partial charge on any atom is -0.492 e. The molecular weight excluding hydrogens is 186 g/mol. The predicted octanol–water partition coefficient (Wildman–Crippen LogP) is 2.63. The molecule has 0 radical (unpaired) electrons. The van der Waals surface area contributed by atoms with Gasteiger partial charge in [0.2, 0.25) is 0 Å². The van der Waals surface area contributed by atoms with Crippen molar-refractivity contribution in [1.82, 2.24) is 0 Å². The molecule has 0 unspecified atom stereocenters. The quantitative estimate of drug-likeness (QED) is 0.827. The Labute approximate surface area is 92.4 Å². The fourth-order valence-corrected chi connectivity index (χ4v) is 1.54. The van der Waals surface area contributed by atoms with Crippen molar-refractivity contribution in [1.29, 1.82) is 0 Å². The first kappa shape index (κ1) is 12.1. The van der Waals surface area contributed by atoms with Gasteiger partial charge in [-0.25, -0.2) is 0 Å². The lowest BCUT2D eigenvalue weighted by atomic mass is 9.86. The standard InChI is InChI=1S/C13H21NO/c1-10-5-6-11(13(2,3)4)12(9-10)15-8-7-14/h5-6,9H,7-8,14H2,1-4H3. The molecule has 0 bridgehead atoms. The lowest BCUT2D eigenvalue weighted by Gasteiger charge is -2.23. The van der Waals surface area contributed by atoms with Gasteiger partial charge in [-0.1, -0.05) is 32.9 Å². The third-order valence-corrected chi connectivity index (χ3v) is 2.32. The van der Waals surface area contributed by atoms with Crippen LogP contribution in [0.4, 0.5) is 0 Å². The molecule has 0 spiro atoms. The van der Waals surface area contributed by atoms with Crippen LogP contribution in [0, 0.1) is 6.92 Å². The van der Waals surface area contributed by atoms with E-state index < -0.39 is 0 Å². The molecule has 2 nitrogen and oxygen atoms in total. The Morgan fingerprint density at radius 2 is 1.93 bits per heavy atom. The number of nitrogens with two attached hydrogens (primary N) is 1. The summed E-state index contributed by atoms with van der Waals surface area (Å²) in [5.74, 6) is 0.966. The fourth-order valence-electron chi connectivity index (χ4n) is 1.54. The van der Waals surface area contributed by atoms with Crippen LogP contribution in [0.2, 0.25) is 0 Å². The van der Waals surface area contributed by atoms with E-state index >= 15 is 0 Å². The van der Waals surface area contributed by atoms with Crippen molar-refractivity contribution < 1.29 is 4.74 Å². The van der Waals surface area contributed by atoms with E-state index in [4.69, 9.17) is 10.5 Å². The van der Waals surface area contributed by atoms with Crippen molar-refractivity contribution >= 4 is 0 Å². The van der Waals surface area contributed by atoms with E-state index in [9.17, 15) is 0 Å². The van der Waals surface area contributed by atoms with Crippen LogP contribution in [0.25, 0.3) is 0 Å². The van der Waals surface area contributed by atoms with Gasteiger partial charge in [0.25, 0.3) is 0 Å². The van der Waals surface area contributed by atoms with Gasteiger partial charge >= 0.3 is 0 Å². The lowest BCUT2D eigenvalue weighted by Crippen LogP contribution is -2.16. The SMILES string of the molecule is Cc1ccc(C(C)(C)C)c(OCCN)c1. The van der Waals surface area contributed by atoms with Crippen LogP contribution in [-0.4, -0.2) is 13.2 Å². The normalized spacial score (nSPS) is 11.5. The second-order valence-electron chi connectivity index (χ2n) is 4.89. The van der Waals surface area contributed by atoms with E-state index in [0.29, 0.717) is 13.2 Å². The zero-order valence-electron chi connectivity index (χ0n) is 10.1. The van der Waals surface area contributed by atoms with Crippen LogP contribution >= 0.6 is 0 Å². The van der Waals surface area contributed by atoms with Gasteiger partial charge in [0.05, 0.1) is 0 Å². The Hall–Kier alpha value is -1.02. The molecule has 0 amide bonds. The van der Waals surface area contributed by atoms with Crippen LogP contribution in [0.1, 0.15) is 31.9 Å². The summed E-state index contributed by atoms with van der Waals surface area (Å²) in [7, 11) is 0. The Balaban J connectivity index is 3.03. The van der Waals surface area contributed by atoms with Crippen molar-refractivity contribution in [3.8, 4) is 5.75 Å². The molecular formula is C13H21NO. The molecule has 1 rings (SSSR count). The monoisotopic (exact) mass is 207 g/mol. The summed E-state index contributed by atoms with van der Waals surface area (Å²) in [5, 5.41) is 0. The first-order chi connectivity index (χ1) is 6.95. The van der Waals surface area contributed by atoms with E-state index in [-0.39, 0.29) is 5.41 Å². The Morgan fingerprint density at radius 1 is 1.27 bits per heavy atom. The molecule has 15 heavy (non-hydrogen) atoms. The molecule has 1 aromatic rings. The first-order valence-corrected chi connectivity index (χ1v) is 5.39. The van der Waals surface area contributed by atoms with E-state index in [1.807, 2.05) is 0 Å². The smallest absolute Gasteiger partial charge is 0.123 e. The van der Waals surface area contributed by atoms with Crippen LogP contribution < -0.4 is 10.5 Å². The highest BCUT2D eigenvalue weighted by Gasteiger charge is 2.18. The molecule has 0 aromatic heterocycles. The number of hydrogen-bond donors (Lipinski definition) is 1. The summed E-state index contributed by atoms with van der Waals surface area (Å²) in [5.41, 5.74) is 8.01. The molecule has 0 aliphatic carbocycles. The molecule has 0 saturated carbocycles. The molecule has 2 N–H and O–H groups in total. The highest BCUT2D eigenvalue weighted by Crippen LogP contribution is 2.31. The van der Waals surface area contributed by atoms with E-state index in [0.717, 1.165) is 5.75 Å². The van der Waals surface area contributed by atoms with E-state index in [1.54, 1.807) is 0 Å². The number of ether oxygens (including phenoxy) is 1. The van der Waals surface area contributed by atoms with Gasteiger partial charge in [-0.3, -0.25) is 0 Å². The summed E-state index contributed by atoms with van der Waals surface area (Å²) in [4.78, 5) is 0. The highest BCUT2D eigenvalue weighted by molar-refractivity contribution is 5.41. The van der Waals surface area contributed by atoms with E-state index in [1.165, 1.54) is 11.1 Å². The zero-order chi connectivity index (χ0) is 11.5. The molecule has 0 fully saturated rings. The first-order valence-electron chi connectivity index (χ1n) is 5.39. The number of aryl methyl sites for hydroxylation is 1. The van der Waals surface area contributed by atoms with Gasteiger partial charge in [-0.15, -0.1) is 0 Å². The average molecular weight is 207 g/mol. The maximum absolute atomic E-state index is 5.67. The summed E-state index contributed by atoms with van der Waals surface area (Å²) in [6, 6.07) is 6.34. The summed E-state index contributed by atoms with van der Waals surface area (Å²) < 4.78 is 5.67. The Morgan fingerprint density at radius 3 is 2.47 bits per heavy atom. The van der Waals surface area contributed by atoms with Crippen molar-refractivity contribution in [3.63, 3.8) is 0 Å². The van der Waals surface area contributed by atoms with Gasteiger partial charge < -0.3 is 10.5 Å². The van der Waals surface area contributed by atoms with Crippen molar-refractivity contribution in [2.24, 2.45) is 5.73 Å². The second kappa shape index (κ2) is 4.67. The molecule has 84 valence electrons. The summed E-state index contributed by atoms with van der Waals surface area (Å²) in [6.45, 7) is 9.76. The maximum Gasteiger partial charge on any atom is 0.123 e. The Kier molecular flexibility index (Phi) is 3.75. The number of benzene rings is 1. The van der Waals surface area contributed by atoms with Crippen molar-refractivity contribution in [3.05, 3.63) is 29.3 Å². The maximum atomic E-state index is 5.67. The van der Waals surface area contributed by atoms with Gasteiger partial charge in [0.15, 0.2) is 0 Å². The third kappa shape index (κ3) is 3.24. The van der Waals surface area contributed by atoms with Crippen LogP contribution in [0.3, 0.4) is 0 Å². The molecule has 2 heteroatoms. The molecule has 0 atom stereocenters. The van der Waals surface area contributed by atoms with Gasteiger partial charge in [-0.05, 0) is 29.5 Å². The molecule has 0 aliphatic rings. The number of hydrogen-bond acceptors (Lipinski definition) is 2. The summed E-state index contributed by atoms with van der Waals surface area (Å²) in [6.07, 6.45) is 0.